The molecule has 0 spiro atoms. The highest BCUT2D eigenvalue weighted by Crippen LogP contribution is 2.31. The summed E-state index contributed by atoms with van der Waals surface area (Å²) in [6.45, 7) is 6.61. The van der Waals surface area contributed by atoms with Crippen LogP contribution in [0, 0.1) is 20.8 Å². The average Bonchev–Trinajstić information content (AvgIpc) is 2.68. The van der Waals surface area contributed by atoms with Gasteiger partial charge in [0, 0.05) is 15.5 Å². The number of nitrogens with one attached hydrogen (secondary N) is 1. The third-order valence-electron chi connectivity index (χ3n) is 4.33. The van der Waals surface area contributed by atoms with Crippen LogP contribution in [0.25, 0.3) is 0 Å². The molecular weight excluding hydrogens is 366 g/mol. The van der Waals surface area contributed by atoms with Gasteiger partial charge in [0.2, 0.25) is 5.91 Å². The summed E-state index contributed by atoms with van der Waals surface area (Å²) in [7, 11) is 0. The van der Waals surface area contributed by atoms with E-state index in [4.69, 9.17) is 4.74 Å². The zero-order valence-corrected chi connectivity index (χ0v) is 17.3. The van der Waals surface area contributed by atoms with Crippen LogP contribution in [0.3, 0.4) is 0 Å². The van der Waals surface area contributed by atoms with Gasteiger partial charge in [0.15, 0.2) is 0 Å². The second-order valence-corrected chi connectivity index (χ2v) is 7.97. The Morgan fingerprint density at radius 1 is 0.893 bits per heavy atom. The van der Waals surface area contributed by atoms with E-state index in [1.165, 1.54) is 21.6 Å². The minimum absolute atomic E-state index is 0.0537. The van der Waals surface area contributed by atoms with Crippen molar-refractivity contribution in [2.24, 2.45) is 0 Å². The van der Waals surface area contributed by atoms with E-state index in [1.807, 2.05) is 55.5 Å². The monoisotopic (exact) mass is 391 g/mol. The zero-order chi connectivity index (χ0) is 19.9. The quantitative estimate of drug-likeness (QED) is 0.523. The number of anilines is 1. The summed E-state index contributed by atoms with van der Waals surface area (Å²) in [6, 6.07) is 22.2. The van der Waals surface area contributed by atoms with Gasteiger partial charge in [0.1, 0.15) is 5.75 Å². The molecule has 0 saturated carbocycles. The molecule has 0 atom stereocenters. The second-order valence-electron chi connectivity index (χ2n) is 6.86. The molecule has 4 heteroatoms. The summed E-state index contributed by atoms with van der Waals surface area (Å²) in [5, 5.41) is 2.92. The minimum Gasteiger partial charge on any atom is -0.493 e. The number of amides is 1. The lowest BCUT2D eigenvalue weighted by Gasteiger charge is -2.09. The Morgan fingerprint density at radius 3 is 2.29 bits per heavy atom. The summed E-state index contributed by atoms with van der Waals surface area (Å²) in [5.74, 6) is 0.730. The van der Waals surface area contributed by atoms with E-state index in [2.05, 4.69) is 37.4 Å². The van der Waals surface area contributed by atoms with Crippen molar-refractivity contribution >= 4 is 23.4 Å². The number of carbonyl (C=O) groups excluding carboxylic acids is 1. The lowest BCUT2D eigenvalue weighted by Crippen LogP contribution is -2.15. The van der Waals surface area contributed by atoms with Crippen molar-refractivity contribution in [2.45, 2.75) is 37.0 Å². The number of hydrogen-bond donors (Lipinski definition) is 1. The number of rotatable bonds is 7. The molecule has 0 fully saturated rings. The highest BCUT2D eigenvalue weighted by molar-refractivity contribution is 7.99. The summed E-state index contributed by atoms with van der Waals surface area (Å²) in [5.41, 5.74) is 4.50. The van der Waals surface area contributed by atoms with Gasteiger partial charge in [-0.05, 0) is 74.4 Å². The lowest BCUT2D eigenvalue weighted by molar-refractivity contribution is -0.116. The van der Waals surface area contributed by atoms with E-state index < -0.39 is 0 Å². The van der Waals surface area contributed by atoms with Crippen molar-refractivity contribution in [1.82, 2.24) is 0 Å². The molecule has 3 rings (SSSR count). The van der Waals surface area contributed by atoms with Gasteiger partial charge in [-0.1, -0.05) is 41.6 Å². The molecule has 144 valence electrons. The molecule has 28 heavy (non-hydrogen) atoms. The van der Waals surface area contributed by atoms with E-state index in [9.17, 15) is 4.79 Å². The first-order valence-electron chi connectivity index (χ1n) is 9.34. The van der Waals surface area contributed by atoms with E-state index in [0.29, 0.717) is 13.0 Å². The van der Waals surface area contributed by atoms with Crippen LogP contribution in [-0.4, -0.2) is 12.5 Å². The van der Waals surface area contributed by atoms with Crippen LogP contribution in [0.5, 0.6) is 5.75 Å². The molecule has 0 aromatic heterocycles. The summed E-state index contributed by atoms with van der Waals surface area (Å²) in [6.07, 6.45) is 0.312. The van der Waals surface area contributed by atoms with Crippen molar-refractivity contribution < 1.29 is 9.53 Å². The summed E-state index contributed by atoms with van der Waals surface area (Å²) in [4.78, 5) is 14.5. The molecule has 1 amide bonds. The number of aryl methyl sites for hydroxylation is 3. The third-order valence-corrected chi connectivity index (χ3v) is 5.50. The van der Waals surface area contributed by atoms with Crippen LogP contribution >= 0.6 is 11.8 Å². The van der Waals surface area contributed by atoms with Gasteiger partial charge in [-0.2, -0.15) is 0 Å². The standard InChI is InChI=1S/C24H25NO2S/c1-17-5-10-21(11-6-17)27-15-14-24(26)25-20-8-12-22(13-9-20)28-23-16-18(2)4-7-19(23)3/h4-13,16H,14-15H2,1-3H3,(H,25,26). The third kappa shape index (κ3) is 5.89. The molecule has 0 unspecified atom stereocenters. The van der Waals surface area contributed by atoms with Crippen molar-refractivity contribution in [2.75, 3.05) is 11.9 Å². The fourth-order valence-electron chi connectivity index (χ4n) is 2.67. The Kier molecular flexibility index (Phi) is 6.77. The molecule has 3 nitrogen and oxygen atoms in total. The first-order valence-corrected chi connectivity index (χ1v) is 10.2. The average molecular weight is 392 g/mol. The predicted molar refractivity (Wildman–Crippen MR) is 116 cm³/mol. The maximum absolute atomic E-state index is 12.1. The summed E-state index contributed by atoms with van der Waals surface area (Å²) < 4.78 is 5.61. The number of benzene rings is 3. The highest BCUT2D eigenvalue weighted by atomic mass is 32.2. The molecule has 0 aliphatic carbocycles. The zero-order valence-electron chi connectivity index (χ0n) is 16.5. The molecule has 3 aromatic rings. The van der Waals surface area contributed by atoms with Crippen LogP contribution < -0.4 is 10.1 Å². The van der Waals surface area contributed by atoms with E-state index in [-0.39, 0.29) is 5.91 Å². The first-order chi connectivity index (χ1) is 13.5. The van der Waals surface area contributed by atoms with Crippen LogP contribution in [0.4, 0.5) is 5.69 Å². The molecule has 3 aromatic carbocycles. The largest absolute Gasteiger partial charge is 0.493 e. The van der Waals surface area contributed by atoms with Gasteiger partial charge in [-0.3, -0.25) is 4.79 Å². The second kappa shape index (κ2) is 9.47. The number of carbonyl (C=O) groups is 1. The molecule has 0 aliphatic rings. The molecule has 0 heterocycles. The predicted octanol–water partition coefficient (Wildman–Crippen LogP) is 6.17. The lowest BCUT2D eigenvalue weighted by atomic mass is 10.2. The van der Waals surface area contributed by atoms with Crippen LogP contribution in [0.15, 0.2) is 76.5 Å². The van der Waals surface area contributed by atoms with E-state index >= 15 is 0 Å². The van der Waals surface area contributed by atoms with Crippen LogP contribution in [-0.2, 0) is 4.79 Å². The molecule has 1 N–H and O–H groups in total. The molecule has 0 aliphatic heterocycles. The molecular formula is C24H25NO2S. The molecule has 0 bridgehead atoms. The Balaban J connectivity index is 1.48. The number of ether oxygens (including phenoxy) is 1. The van der Waals surface area contributed by atoms with Crippen LogP contribution in [0.2, 0.25) is 0 Å². The van der Waals surface area contributed by atoms with Crippen LogP contribution in [0.1, 0.15) is 23.1 Å². The first kappa shape index (κ1) is 20.0. The minimum atomic E-state index is -0.0537. The number of hydrogen-bond acceptors (Lipinski definition) is 3. The van der Waals surface area contributed by atoms with Crippen molar-refractivity contribution in [1.29, 1.82) is 0 Å². The smallest absolute Gasteiger partial charge is 0.227 e. The van der Waals surface area contributed by atoms with Crippen molar-refractivity contribution in [3.8, 4) is 5.75 Å². The SMILES string of the molecule is Cc1ccc(OCCC(=O)Nc2ccc(Sc3cc(C)ccc3C)cc2)cc1. The summed E-state index contributed by atoms with van der Waals surface area (Å²) >= 11 is 1.74. The van der Waals surface area contributed by atoms with Gasteiger partial charge in [0.05, 0.1) is 13.0 Å². The normalized spacial score (nSPS) is 10.5. The topological polar surface area (TPSA) is 38.3 Å². The van der Waals surface area contributed by atoms with Gasteiger partial charge >= 0.3 is 0 Å². The van der Waals surface area contributed by atoms with Gasteiger partial charge < -0.3 is 10.1 Å². The Hall–Kier alpha value is -2.72. The Morgan fingerprint density at radius 2 is 1.57 bits per heavy atom. The Labute approximate surface area is 171 Å². The van der Waals surface area contributed by atoms with Crippen molar-refractivity contribution in [3.63, 3.8) is 0 Å². The van der Waals surface area contributed by atoms with Gasteiger partial charge in [-0.15, -0.1) is 0 Å². The molecule has 0 saturated heterocycles. The van der Waals surface area contributed by atoms with E-state index in [1.54, 1.807) is 11.8 Å². The Bertz CT molecular complexity index is 934. The maximum atomic E-state index is 12.1. The van der Waals surface area contributed by atoms with E-state index in [0.717, 1.165) is 16.3 Å². The fourth-order valence-corrected chi connectivity index (χ4v) is 3.67. The van der Waals surface area contributed by atoms with Gasteiger partial charge in [0.25, 0.3) is 0 Å². The highest BCUT2D eigenvalue weighted by Gasteiger charge is 2.05. The maximum Gasteiger partial charge on any atom is 0.227 e. The van der Waals surface area contributed by atoms with Crippen molar-refractivity contribution in [3.05, 3.63) is 83.4 Å². The fraction of sp³-hybridized carbons (Fsp3) is 0.208. The van der Waals surface area contributed by atoms with Gasteiger partial charge in [-0.25, -0.2) is 0 Å². The molecule has 0 radical (unpaired) electrons.